The number of carbonyl (C=O) groups is 1. The average molecular weight is 251 g/mol. The van der Waals surface area contributed by atoms with Crippen molar-refractivity contribution in [2.75, 3.05) is 0 Å². The van der Waals surface area contributed by atoms with Crippen LogP contribution in [-0.4, -0.2) is 10.5 Å². The first-order chi connectivity index (χ1) is 8.04. The van der Waals surface area contributed by atoms with Gasteiger partial charge in [-0.05, 0) is 25.1 Å². The maximum atomic E-state index is 11.9. The summed E-state index contributed by atoms with van der Waals surface area (Å²) in [5.74, 6) is -1.47. The minimum Gasteiger partial charge on any atom is -0.545 e. The van der Waals surface area contributed by atoms with E-state index in [9.17, 15) is 14.7 Å². The zero-order valence-corrected chi connectivity index (χ0v) is 9.82. The number of nitrogens with zero attached hydrogens (tertiary/aromatic N) is 1. The van der Waals surface area contributed by atoms with Gasteiger partial charge in [0, 0.05) is 23.2 Å². The van der Waals surface area contributed by atoms with Gasteiger partial charge in [-0.3, -0.25) is 4.79 Å². The second kappa shape index (κ2) is 4.22. The molecule has 2 aromatic rings. The molecular formula is C12H9ClNO3-. The van der Waals surface area contributed by atoms with Crippen LogP contribution in [0.2, 0.25) is 5.02 Å². The summed E-state index contributed by atoms with van der Waals surface area (Å²) in [6, 6.07) is 4.83. The topological polar surface area (TPSA) is 62.1 Å². The van der Waals surface area contributed by atoms with E-state index in [1.807, 2.05) is 6.92 Å². The summed E-state index contributed by atoms with van der Waals surface area (Å²) in [6.45, 7) is 2.41. The maximum Gasteiger partial charge on any atom is 0.198 e. The Balaban J connectivity index is 2.96. The van der Waals surface area contributed by atoms with Gasteiger partial charge < -0.3 is 14.5 Å². The van der Waals surface area contributed by atoms with Crippen LogP contribution in [0.25, 0.3) is 10.9 Å². The third kappa shape index (κ3) is 1.91. The van der Waals surface area contributed by atoms with Crippen LogP contribution in [0, 0.1) is 0 Å². The first-order valence-electron chi connectivity index (χ1n) is 5.08. The van der Waals surface area contributed by atoms with Crippen LogP contribution in [0.5, 0.6) is 0 Å². The second-order valence-electron chi connectivity index (χ2n) is 3.61. The number of pyridine rings is 1. The van der Waals surface area contributed by atoms with Crippen LogP contribution in [0.1, 0.15) is 17.3 Å². The average Bonchev–Trinajstić information content (AvgIpc) is 2.29. The predicted octanol–water partition coefficient (Wildman–Crippen LogP) is 1.04. The fraction of sp³-hybridized carbons (Fsp3) is 0.167. The van der Waals surface area contributed by atoms with Crippen LogP contribution in [0.4, 0.5) is 0 Å². The van der Waals surface area contributed by atoms with Crippen LogP contribution in [0.15, 0.2) is 29.2 Å². The van der Waals surface area contributed by atoms with E-state index in [2.05, 4.69) is 0 Å². The molecule has 2 rings (SSSR count). The fourth-order valence-electron chi connectivity index (χ4n) is 1.78. The molecule has 0 unspecified atom stereocenters. The summed E-state index contributed by atoms with van der Waals surface area (Å²) < 4.78 is 1.68. The molecule has 5 heteroatoms. The smallest absolute Gasteiger partial charge is 0.198 e. The third-order valence-corrected chi connectivity index (χ3v) is 2.84. The molecule has 0 amide bonds. The molecule has 0 aliphatic rings. The first-order valence-corrected chi connectivity index (χ1v) is 5.46. The molecule has 1 aromatic carbocycles. The Bertz CT molecular complexity index is 661. The Morgan fingerprint density at radius 1 is 1.47 bits per heavy atom. The highest BCUT2D eigenvalue weighted by atomic mass is 35.5. The van der Waals surface area contributed by atoms with Crippen molar-refractivity contribution in [2.45, 2.75) is 13.5 Å². The van der Waals surface area contributed by atoms with E-state index in [0.717, 1.165) is 0 Å². The third-order valence-electron chi connectivity index (χ3n) is 2.60. The maximum absolute atomic E-state index is 11.9. The molecule has 4 nitrogen and oxygen atoms in total. The molecular weight excluding hydrogens is 242 g/mol. The lowest BCUT2D eigenvalue weighted by Crippen LogP contribution is -2.30. The molecule has 1 heterocycles. The molecule has 0 bridgehead atoms. The highest BCUT2D eigenvalue weighted by molar-refractivity contribution is 6.31. The van der Waals surface area contributed by atoms with Crippen LogP contribution < -0.4 is 10.5 Å². The number of carboxylic acid groups (broad SMARTS) is 1. The summed E-state index contributed by atoms with van der Waals surface area (Å²) in [4.78, 5) is 22.8. The summed E-state index contributed by atoms with van der Waals surface area (Å²) in [5.41, 5.74) is -0.249. The van der Waals surface area contributed by atoms with Gasteiger partial charge in [-0.15, -0.1) is 0 Å². The van der Waals surface area contributed by atoms with Gasteiger partial charge in [0.2, 0.25) is 0 Å². The van der Waals surface area contributed by atoms with E-state index in [1.54, 1.807) is 16.7 Å². The Morgan fingerprint density at radius 3 is 2.76 bits per heavy atom. The van der Waals surface area contributed by atoms with Gasteiger partial charge in [-0.2, -0.15) is 0 Å². The molecule has 0 aliphatic heterocycles. The molecule has 0 spiro atoms. The van der Waals surface area contributed by atoms with E-state index >= 15 is 0 Å². The van der Waals surface area contributed by atoms with E-state index in [-0.39, 0.29) is 5.56 Å². The van der Waals surface area contributed by atoms with Crippen molar-refractivity contribution in [3.05, 3.63) is 45.2 Å². The lowest BCUT2D eigenvalue weighted by Gasteiger charge is -2.12. The summed E-state index contributed by atoms with van der Waals surface area (Å²) in [5, 5.41) is 11.5. The number of aromatic nitrogens is 1. The molecule has 17 heavy (non-hydrogen) atoms. The van der Waals surface area contributed by atoms with Crippen molar-refractivity contribution in [3.8, 4) is 0 Å². The number of rotatable bonds is 2. The number of carbonyl (C=O) groups excluding carboxylic acids is 1. The number of benzene rings is 1. The van der Waals surface area contributed by atoms with Crippen LogP contribution in [-0.2, 0) is 6.54 Å². The molecule has 88 valence electrons. The minimum absolute atomic E-state index is 0.293. The molecule has 0 saturated heterocycles. The SMILES string of the molecule is CCn1cc(C(=O)[O-])c(=O)c2cc(Cl)ccc21. The van der Waals surface area contributed by atoms with E-state index in [1.165, 1.54) is 12.3 Å². The normalized spacial score (nSPS) is 10.7. The van der Waals surface area contributed by atoms with Crippen molar-refractivity contribution >= 4 is 28.5 Å². The highest BCUT2D eigenvalue weighted by Gasteiger charge is 2.09. The summed E-state index contributed by atoms with van der Waals surface area (Å²) in [6.07, 6.45) is 1.30. The largest absolute Gasteiger partial charge is 0.545 e. The van der Waals surface area contributed by atoms with Crippen LogP contribution in [0.3, 0.4) is 0 Å². The zero-order chi connectivity index (χ0) is 12.6. The van der Waals surface area contributed by atoms with Gasteiger partial charge in [0.1, 0.15) is 0 Å². The number of aryl methyl sites for hydroxylation is 1. The molecule has 0 N–H and O–H groups in total. The van der Waals surface area contributed by atoms with Crippen molar-refractivity contribution in [3.63, 3.8) is 0 Å². The minimum atomic E-state index is -1.47. The Hall–Kier alpha value is -1.81. The van der Waals surface area contributed by atoms with Crippen LogP contribution >= 0.6 is 11.6 Å². The standard InChI is InChI=1S/C12H10ClNO3/c1-2-14-6-9(12(16)17)11(15)8-5-7(13)3-4-10(8)14/h3-6H,2H2,1H3,(H,16,17)/p-1. The zero-order valence-electron chi connectivity index (χ0n) is 9.07. The van der Waals surface area contributed by atoms with Crippen molar-refractivity contribution < 1.29 is 9.90 Å². The predicted molar refractivity (Wildman–Crippen MR) is 63.2 cm³/mol. The molecule has 0 saturated carbocycles. The number of aromatic carboxylic acids is 1. The molecule has 1 aromatic heterocycles. The lowest BCUT2D eigenvalue weighted by molar-refractivity contribution is -0.255. The van der Waals surface area contributed by atoms with Gasteiger partial charge in [-0.25, -0.2) is 0 Å². The second-order valence-corrected chi connectivity index (χ2v) is 4.04. The van der Waals surface area contributed by atoms with E-state index in [4.69, 9.17) is 11.6 Å². The molecule has 0 fully saturated rings. The van der Waals surface area contributed by atoms with Crippen molar-refractivity contribution in [2.24, 2.45) is 0 Å². The molecule has 0 radical (unpaired) electrons. The number of hydrogen-bond acceptors (Lipinski definition) is 3. The number of halogens is 1. The van der Waals surface area contributed by atoms with Gasteiger partial charge in [-0.1, -0.05) is 11.6 Å². The van der Waals surface area contributed by atoms with Gasteiger partial charge >= 0.3 is 0 Å². The quantitative estimate of drug-likeness (QED) is 0.800. The van der Waals surface area contributed by atoms with Crippen molar-refractivity contribution in [1.29, 1.82) is 0 Å². The monoisotopic (exact) mass is 250 g/mol. The summed E-state index contributed by atoms with van der Waals surface area (Å²) in [7, 11) is 0. The fourth-order valence-corrected chi connectivity index (χ4v) is 1.95. The van der Waals surface area contributed by atoms with Gasteiger partial charge in [0.15, 0.2) is 5.43 Å². The Labute approximate surface area is 102 Å². The van der Waals surface area contributed by atoms with E-state index < -0.39 is 11.4 Å². The number of carboxylic acids is 1. The lowest BCUT2D eigenvalue weighted by atomic mass is 10.1. The van der Waals surface area contributed by atoms with Crippen molar-refractivity contribution in [1.82, 2.24) is 4.57 Å². The number of fused-ring (bicyclic) bond motifs is 1. The number of hydrogen-bond donors (Lipinski definition) is 0. The first kappa shape index (κ1) is 11.7. The van der Waals surface area contributed by atoms with E-state index in [0.29, 0.717) is 22.5 Å². The summed E-state index contributed by atoms with van der Waals surface area (Å²) >= 11 is 5.81. The molecule has 0 atom stereocenters. The highest BCUT2D eigenvalue weighted by Crippen LogP contribution is 2.17. The molecule has 0 aliphatic carbocycles. The Kier molecular flexibility index (Phi) is 2.90. The van der Waals surface area contributed by atoms with Gasteiger partial charge in [0.25, 0.3) is 0 Å². The van der Waals surface area contributed by atoms with Gasteiger partial charge in [0.05, 0.1) is 17.0 Å². The Morgan fingerprint density at radius 2 is 2.18 bits per heavy atom.